The SMILES string of the molecule is c1ccc(-c2ccc3c(c2)oc2nc(-c4ccccc4)nc(-c4cccc5oc6ccc(-c7ccc8oc9ccccc9c8c7)cc6c45)c23)cc1. The van der Waals surface area contributed by atoms with E-state index in [0.717, 1.165) is 99.3 Å². The summed E-state index contributed by atoms with van der Waals surface area (Å²) in [5, 5.41) is 6.06. The molecule has 51 heavy (non-hydrogen) atoms. The van der Waals surface area contributed by atoms with Crippen molar-refractivity contribution >= 4 is 65.9 Å². The molecule has 0 aliphatic rings. The van der Waals surface area contributed by atoms with Gasteiger partial charge in [-0.25, -0.2) is 4.98 Å². The van der Waals surface area contributed by atoms with Gasteiger partial charge in [-0.15, -0.1) is 0 Å². The van der Waals surface area contributed by atoms with E-state index in [2.05, 4.69) is 78.9 Å². The van der Waals surface area contributed by atoms with Crippen molar-refractivity contribution in [3.63, 3.8) is 0 Å². The number of aromatic nitrogens is 2. The molecule has 11 aromatic rings. The maximum atomic E-state index is 6.57. The lowest BCUT2D eigenvalue weighted by atomic mass is 9.97. The van der Waals surface area contributed by atoms with Gasteiger partial charge < -0.3 is 13.3 Å². The fourth-order valence-electron chi connectivity index (χ4n) is 7.50. The normalized spacial score (nSPS) is 11.9. The van der Waals surface area contributed by atoms with E-state index in [9.17, 15) is 0 Å². The summed E-state index contributed by atoms with van der Waals surface area (Å²) in [5.74, 6) is 0.603. The Morgan fingerprint density at radius 1 is 0.333 bits per heavy atom. The summed E-state index contributed by atoms with van der Waals surface area (Å²) in [5.41, 5.74) is 11.8. The van der Waals surface area contributed by atoms with Crippen LogP contribution >= 0.6 is 0 Å². The van der Waals surface area contributed by atoms with Crippen LogP contribution in [0.4, 0.5) is 0 Å². The van der Waals surface area contributed by atoms with E-state index in [1.54, 1.807) is 0 Å². The number of rotatable bonds is 4. The monoisotopic (exact) mass is 654 g/mol. The number of para-hydroxylation sites is 1. The Labute approximate surface area is 291 Å². The first-order chi connectivity index (χ1) is 25.2. The molecule has 0 N–H and O–H groups in total. The van der Waals surface area contributed by atoms with Gasteiger partial charge in [-0.2, -0.15) is 4.98 Å². The first-order valence-electron chi connectivity index (χ1n) is 17.0. The van der Waals surface area contributed by atoms with Gasteiger partial charge in [-0.05, 0) is 70.8 Å². The molecule has 238 valence electrons. The molecule has 0 spiro atoms. The van der Waals surface area contributed by atoms with Gasteiger partial charge in [0.2, 0.25) is 5.71 Å². The van der Waals surface area contributed by atoms with Crippen molar-refractivity contribution in [2.75, 3.05) is 0 Å². The highest BCUT2D eigenvalue weighted by atomic mass is 16.3. The van der Waals surface area contributed by atoms with Crippen LogP contribution in [0.5, 0.6) is 0 Å². The highest BCUT2D eigenvalue weighted by Gasteiger charge is 2.22. The Morgan fingerprint density at radius 2 is 0.961 bits per heavy atom. The Bertz CT molecular complexity index is 3130. The second kappa shape index (κ2) is 10.8. The van der Waals surface area contributed by atoms with Gasteiger partial charge in [0.1, 0.15) is 27.9 Å². The minimum Gasteiger partial charge on any atom is -0.456 e. The maximum absolute atomic E-state index is 6.57. The molecular formula is C46H26N2O3. The highest BCUT2D eigenvalue weighted by molar-refractivity contribution is 6.19. The summed E-state index contributed by atoms with van der Waals surface area (Å²) >= 11 is 0. The predicted molar refractivity (Wildman–Crippen MR) is 206 cm³/mol. The maximum Gasteiger partial charge on any atom is 0.231 e. The van der Waals surface area contributed by atoms with Crippen molar-refractivity contribution in [1.29, 1.82) is 0 Å². The van der Waals surface area contributed by atoms with E-state index in [4.69, 9.17) is 23.2 Å². The first-order valence-corrected chi connectivity index (χ1v) is 17.0. The Kier molecular flexibility index (Phi) is 5.89. The summed E-state index contributed by atoms with van der Waals surface area (Å²) in [6, 6.07) is 53.9. The van der Waals surface area contributed by atoms with E-state index >= 15 is 0 Å². The van der Waals surface area contributed by atoms with E-state index in [0.29, 0.717) is 11.5 Å². The number of benzene rings is 7. The first kappa shape index (κ1) is 27.9. The van der Waals surface area contributed by atoms with Gasteiger partial charge >= 0.3 is 0 Å². The minimum absolute atomic E-state index is 0.546. The fourth-order valence-corrected chi connectivity index (χ4v) is 7.50. The van der Waals surface area contributed by atoms with Crippen LogP contribution in [0, 0.1) is 0 Å². The van der Waals surface area contributed by atoms with E-state index in [1.165, 1.54) is 0 Å². The van der Waals surface area contributed by atoms with Crippen LogP contribution in [-0.2, 0) is 0 Å². The number of fused-ring (bicyclic) bond motifs is 9. The molecule has 0 aliphatic heterocycles. The van der Waals surface area contributed by atoms with Crippen LogP contribution in [0.25, 0.3) is 111 Å². The highest BCUT2D eigenvalue weighted by Crippen LogP contribution is 2.43. The smallest absolute Gasteiger partial charge is 0.231 e. The van der Waals surface area contributed by atoms with Crippen LogP contribution in [0.1, 0.15) is 0 Å². The zero-order valence-electron chi connectivity index (χ0n) is 27.1. The topological polar surface area (TPSA) is 65.2 Å². The average molecular weight is 655 g/mol. The fraction of sp³-hybridized carbons (Fsp3) is 0. The molecule has 4 aromatic heterocycles. The zero-order chi connectivity index (χ0) is 33.5. The number of nitrogens with zero attached hydrogens (tertiary/aromatic N) is 2. The molecule has 0 radical (unpaired) electrons. The lowest BCUT2D eigenvalue weighted by Crippen LogP contribution is -1.94. The van der Waals surface area contributed by atoms with E-state index < -0.39 is 0 Å². The van der Waals surface area contributed by atoms with Crippen LogP contribution in [0.3, 0.4) is 0 Å². The van der Waals surface area contributed by atoms with Gasteiger partial charge in [-0.3, -0.25) is 0 Å². The quantitative estimate of drug-likeness (QED) is 0.189. The summed E-state index contributed by atoms with van der Waals surface area (Å²) < 4.78 is 19.2. The molecule has 11 rings (SSSR count). The molecule has 7 aromatic carbocycles. The molecule has 5 heteroatoms. The standard InChI is InChI=1S/C46H26N2O3/c1-3-10-27(11-4-1)31-18-21-33-41(26-31)51-46-43(33)44(47-45(48-46)28-12-5-2-6-13-28)34-15-9-17-40-42(34)36-25-30(20-23-39(36)50-40)29-19-22-38-35(24-29)32-14-7-8-16-37(32)49-38/h1-26H. The van der Waals surface area contributed by atoms with Gasteiger partial charge in [0.05, 0.1) is 11.1 Å². The Hall–Kier alpha value is -6.98. The molecule has 0 bridgehead atoms. The molecular weight excluding hydrogens is 629 g/mol. The summed E-state index contributed by atoms with van der Waals surface area (Å²) in [4.78, 5) is 10.3. The molecule has 0 fully saturated rings. The van der Waals surface area contributed by atoms with Crippen molar-refractivity contribution in [2.24, 2.45) is 0 Å². The van der Waals surface area contributed by atoms with Gasteiger partial charge in [0.15, 0.2) is 5.82 Å². The lowest BCUT2D eigenvalue weighted by Gasteiger charge is -2.08. The molecule has 0 saturated heterocycles. The number of hydrogen-bond acceptors (Lipinski definition) is 5. The van der Waals surface area contributed by atoms with Gasteiger partial charge in [0, 0.05) is 38.1 Å². The molecule has 0 atom stereocenters. The lowest BCUT2D eigenvalue weighted by molar-refractivity contribution is 0.654. The number of hydrogen-bond donors (Lipinski definition) is 0. The molecule has 0 aliphatic carbocycles. The molecule has 0 unspecified atom stereocenters. The van der Waals surface area contributed by atoms with Crippen LogP contribution < -0.4 is 0 Å². The van der Waals surface area contributed by atoms with Crippen molar-refractivity contribution in [2.45, 2.75) is 0 Å². The predicted octanol–water partition coefficient (Wildman–Crippen LogP) is 12.8. The largest absolute Gasteiger partial charge is 0.456 e. The van der Waals surface area contributed by atoms with Crippen LogP contribution in [-0.4, -0.2) is 9.97 Å². The summed E-state index contributed by atoms with van der Waals surface area (Å²) in [6.07, 6.45) is 0. The summed E-state index contributed by atoms with van der Waals surface area (Å²) in [7, 11) is 0. The second-order valence-electron chi connectivity index (χ2n) is 12.9. The molecule has 4 heterocycles. The van der Waals surface area contributed by atoms with Crippen molar-refractivity contribution < 1.29 is 13.3 Å². The third-order valence-corrected chi connectivity index (χ3v) is 9.93. The Balaban J connectivity index is 1.16. The molecule has 0 saturated carbocycles. The van der Waals surface area contributed by atoms with E-state index in [-0.39, 0.29) is 0 Å². The van der Waals surface area contributed by atoms with Crippen LogP contribution in [0.15, 0.2) is 171 Å². The van der Waals surface area contributed by atoms with E-state index in [1.807, 2.05) is 78.9 Å². The average Bonchev–Trinajstić information content (AvgIpc) is 3.88. The van der Waals surface area contributed by atoms with Crippen molar-refractivity contribution in [1.82, 2.24) is 9.97 Å². The zero-order valence-corrected chi connectivity index (χ0v) is 27.1. The van der Waals surface area contributed by atoms with Crippen molar-refractivity contribution in [3.05, 3.63) is 158 Å². The minimum atomic E-state index is 0.546. The molecule has 0 amide bonds. The number of furan rings is 3. The Morgan fingerprint density at radius 3 is 1.78 bits per heavy atom. The van der Waals surface area contributed by atoms with Crippen LogP contribution in [0.2, 0.25) is 0 Å². The second-order valence-corrected chi connectivity index (χ2v) is 12.9. The van der Waals surface area contributed by atoms with Gasteiger partial charge in [0.25, 0.3) is 0 Å². The molecule has 5 nitrogen and oxygen atoms in total. The third kappa shape index (κ3) is 4.35. The van der Waals surface area contributed by atoms with Crippen molar-refractivity contribution in [3.8, 4) is 44.9 Å². The third-order valence-electron chi connectivity index (χ3n) is 9.93. The summed E-state index contributed by atoms with van der Waals surface area (Å²) in [6.45, 7) is 0. The van der Waals surface area contributed by atoms with Gasteiger partial charge in [-0.1, -0.05) is 109 Å².